The number of carbonyl (C=O) groups is 1. The first-order chi connectivity index (χ1) is 9.79. The zero-order chi connectivity index (χ0) is 13.9. The lowest BCUT2D eigenvalue weighted by molar-refractivity contribution is 0.0597. The van der Waals surface area contributed by atoms with Crippen molar-refractivity contribution < 1.29 is 9.32 Å². The molecule has 2 aromatic rings. The highest BCUT2D eigenvalue weighted by Gasteiger charge is 2.28. The molecule has 1 aliphatic heterocycles. The molecule has 0 spiro atoms. The first-order valence-electron chi connectivity index (χ1n) is 7.11. The van der Waals surface area contributed by atoms with Gasteiger partial charge in [-0.3, -0.25) is 4.79 Å². The highest BCUT2D eigenvalue weighted by atomic mass is 32.1. The van der Waals surface area contributed by atoms with Crippen LogP contribution in [-0.2, 0) is 0 Å². The maximum Gasteiger partial charge on any atom is 0.276 e. The third-order valence-electron chi connectivity index (χ3n) is 3.85. The van der Waals surface area contributed by atoms with Crippen LogP contribution in [0.3, 0.4) is 0 Å². The van der Waals surface area contributed by atoms with Crippen molar-refractivity contribution in [3.63, 3.8) is 0 Å². The van der Waals surface area contributed by atoms with E-state index in [9.17, 15) is 4.79 Å². The van der Waals surface area contributed by atoms with Crippen molar-refractivity contribution in [1.29, 1.82) is 0 Å². The molecule has 0 saturated carbocycles. The standard InChI is InChI=1S/C15H18N2O2S/c1-2-11-6-3-4-8-17(11)15(18)12-10-13(19-16-12)14-7-5-9-20-14/h5,7,9-11H,2-4,6,8H2,1H3/t11-/m1/s1. The molecule has 3 rings (SSSR count). The predicted molar refractivity (Wildman–Crippen MR) is 78.8 cm³/mol. The molecule has 2 aromatic heterocycles. The average Bonchev–Trinajstić information content (AvgIpc) is 3.16. The van der Waals surface area contributed by atoms with E-state index in [-0.39, 0.29) is 5.91 Å². The van der Waals surface area contributed by atoms with Gasteiger partial charge in [-0.05, 0) is 37.1 Å². The van der Waals surface area contributed by atoms with E-state index in [0.29, 0.717) is 17.5 Å². The summed E-state index contributed by atoms with van der Waals surface area (Å²) < 4.78 is 5.30. The zero-order valence-corrected chi connectivity index (χ0v) is 12.4. The van der Waals surface area contributed by atoms with Crippen LogP contribution in [0, 0.1) is 0 Å². The Kier molecular flexibility index (Phi) is 3.87. The first-order valence-corrected chi connectivity index (χ1v) is 7.99. The predicted octanol–water partition coefficient (Wildman–Crippen LogP) is 3.81. The average molecular weight is 290 g/mol. The number of piperidine rings is 1. The summed E-state index contributed by atoms with van der Waals surface area (Å²) in [5.74, 6) is 0.677. The number of thiophene rings is 1. The number of hydrogen-bond acceptors (Lipinski definition) is 4. The van der Waals surface area contributed by atoms with Gasteiger partial charge in [0.1, 0.15) is 0 Å². The van der Waals surface area contributed by atoms with Crippen LogP contribution in [0.4, 0.5) is 0 Å². The van der Waals surface area contributed by atoms with E-state index in [1.54, 1.807) is 17.4 Å². The highest BCUT2D eigenvalue weighted by Crippen LogP contribution is 2.27. The Bertz CT molecular complexity index is 576. The van der Waals surface area contributed by atoms with E-state index in [1.165, 1.54) is 6.42 Å². The molecule has 4 nitrogen and oxygen atoms in total. The van der Waals surface area contributed by atoms with E-state index in [1.807, 2.05) is 22.4 Å². The van der Waals surface area contributed by atoms with Gasteiger partial charge in [-0.1, -0.05) is 18.1 Å². The molecule has 3 heterocycles. The minimum Gasteiger partial charge on any atom is -0.355 e. The third kappa shape index (κ3) is 2.50. The smallest absolute Gasteiger partial charge is 0.276 e. The van der Waals surface area contributed by atoms with Crippen LogP contribution < -0.4 is 0 Å². The molecule has 1 fully saturated rings. The highest BCUT2D eigenvalue weighted by molar-refractivity contribution is 7.13. The molecule has 106 valence electrons. The molecule has 0 N–H and O–H groups in total. The summed E-state index contributed by atoms with van der Waals surface area (Å²) in [5.41, 5.74) is 0.425. The molecule has 0 unspecified atom stereocenters. The van der Waals surface area contributed by atoms with E-state index in [2.05, 4.69) is 12.1 Å². The van der Waals surface area contributed by atoms with Gasteiger partial charge in [0.2, 0.25) is 0 Å². The summed E-state index contributed by atoms with van der Waals surface area (Å²) in [5, 5.41) is 5.94. The van der Waals surface area contributed by atoms with Crippen molar-refractivity contribution in [2.45, 2.75) is 38.6 Å². The Labute approximate surface area is 122 Å². The number of rotatable bonds is 3. The van der Waals surface area contributed by atoms with Gasteiger partial charge in [0.15, 0.2) is 11.5 Å². The molecule has 1 amide bonds. The molecular weight excluding hydrogens is 272 g/mol. The lowest BCUT2D eigenvalue weighted by Gasteiger charge is -2.34. The molecular formula is C15H18N2O2S. The number of aromatic nitrogens is 1. The fourth-order valence-corrected chi connectivity index (χ4v) is 3.42. The fraction of sp³-hybridized carbons (Fsp3) is 0.467. The molecule has 0 bridgehead atoms. The summed E-state index contributed by atoms with van der Waals surface area (Å²) in [6, 6.07) is 6.03. The third-order valence-corrected chi connectivity index (χ3v) is 4.74. The molecule has 5 heteroatoms. The second-order valence-electron chi connectivity index (χ2n) is 5.11. The summed E-state index contributed by atoms with van der Waals surface area (Å²) in [6.07, 6.45) is 4.39. The molecule has 0 aromatic carbocycles. The van der Waals surface area contributed by atoms with E-state index in [0.717, 1.165) is 30.7 Å². The number of nitrogens with zero attached hydrogens (tertiary/aromatic N) is 2. The lowest BCUT2D eigenvalue weighted by atomic mass is 9.99. The lowest BCUT2D eigenvalue weighted by Crippen LogP contribution is -2.43. The Morgan fingerprint density at radius 3 is 3.20 bits per heavy atom. The van der Waals surface area contributed by atoms with Gasteiger partial charge in [0.05, 0.1) is 4.88 Å². The maximum atomic E-state index is 12.6. The molecule has 1 saturated heterocycles. The summed E-state index contributed by atoms with van der Waals surface area (Å²) in [7, 11) is 0. The van der Waals surface area contributed by atoms with Gasteiger partial charge >= 0.3 is 0 Å². The summed E-state index contributed by atoms with van der Waals surface area (Å²) in [6.45, 7) is 2.97. The molecule has 0 radical (unpaired) electrons. The summed E-state index contributed by atoms with van der Waals surface area (Å²) in [4.78, 5) is 15.5. The fourth-order valence-electron chi connectivity index (χ4n) is 2.75. The summed E-state index contributed by atoms with van der Waals surface area (Å²) >= 11 is 1.58. The van der Waals surface area contributed by atoms with Crippen molar-refractivity contribution >= 4 is 17.2 Å². The Balaban J connectivity index is 1.80. The quantitative estimate of drug-likeness (QED) is 0.863. The van der Waals surface area contributed by atoms with Crippen LogP contribution in [-0.4, -0.2) is 28.6 Å². The van der Waals surface area contributed by atoms with Crippen molar-refractivity contribution in [2.75, 3.05) is 6.54 Å². The Morgan fingerprint density at radius 1 is 1.55 bits per heavy atom. The SMILES string of the molecule is CC[C@@H]1CCCCN1C(=O)c1cc(-c2cccs2)on1. The minimum absolute atomic E-state index is 0.00288. The van der Waals surface area contributed by atoms with Gasteiger partial charge < -0.3 is 9.42 Å². The van der Waals surface area contributed by atoms with Gasteiger partial charge in [0.25, 0.3) is 5.91 Å². The van der Waals surface area contributed by atoms with Gasteiger partial charge in [-0.2, -0.15) is 0 Å². The van der Waals surface area contributed by atoms with Crippen LogP contribution in [0.1, 0.15) is 43.1 Å². The van der Waals surface area contributed by atoms with E-state index >= 15 is 0 Å². The molecule has 20 heavy (non-hydrogen) atoms. The second kappa shape index (κ2) is 5.79. The van der Waals surface area contributed by atoms with Crippen molar-refractivity contribution in [1.82, 2.24) is 10.1 Å². The first kappa shape index (κ1) is 13.4. The van der Waals surface area contributed by atoms with Crippen molar-refractivity contribution in [3.05, 3.63) is 29.3 Å². The molecule has 1 atom stereocenters. The maximum absolute atomic E-state index is 12.6. The van der Waals surface area contributed by atoms with Gasteiger partial charge in [0, 0.05) is 18.7 Å². The molecule has 0 aliphatic carbocycles. The van der Waals surface area contributed by atoms with Crippen LogP contribution in [0.5, 0.6) is 0 Å². The topological polar surface area (TPSA) is 46.3 Å². The van der Waals surface area contributed by atoms with Gasteiger partial charge in [-0.25, -0.2) is 0 Å². The Hall–Kier alpha value is -1.62. The van der Waals surface area contributed by atoms with Gasteiger partial charge in [-0.15, -0.1) is 11.3 Å². The molecule has 1 aliphatic rings. The number of hydrogen-bond donors (Lipinski definition) is 0. The van der Waals surface area contributed by atoms with E-state index < -0.39 is 0 Å². The number of likely N-dealkylation sites (tertiary alicyclic amines) is 1. The number of carbonyl (C=O) groups excluding carboxylic acids is 1. The number of amides is 1. The monoisotopic (exact) mass is 290 g/mol. The second-order valence-corrected chi connectivity index (χ2v) is 6.06. The van der Waals surface area contributed by atoms with Crippen LogP contribution in [0.15, 0.2) is 28.1 Å². The largest absolute Gasteiger partial charge is 0.355 e. The van der Waals surface area contributed by atoms with Crippen molar-refractivity contribution in [3.8, 4) is 10.6 Å². The van der Waals surface area contributed by atoms with Crippen LogP contribution in [0.2, 0.25) is 0 Å². The Morgan fingerprint density at radius 2 is 2.45 bits per heavy atom. The van der Waals surface area contributed by atoms with Crippen LogP contribution >= 0.6 is 11.3 Å². The van der Waals surface area contributed by atoms with E-state index in [4.69, 9.17) is 4.52 Å². The minimum atomic E-state index is 0.00288. The normalized spacial score (nSPS) is 19.2. The van der Waals surface area contributed by atoms with Crippen LogP contribution in [0.25, 0.3) is 10.6 Å². The van der Waals surface area contributed by atoms with Crippen molar-refractivity contribution in [2.24, 2.45) is 0 Å². The zero-order valence-electron chi connectivity index (χ0n) is 11.5.